The summed E-state index contributed by atoms with van der Waals surface area (Å²) in [4.78, 5) is 17.4. The van der Waals surface area contributed by atoms with Crippen molar-refractivity contribution in [1.29, 1.82) is 0 Å². The highest BCUT2D eigenvalue weighted by Crippen LogP contribution is 2.59. The largest absolute Gasteiger partial charge is 0.356 e. The highest BCUT2D eigenvalue weighted by Gasteiger charge is 2.60. The van der Waals surface area contributed by atoms with E-state index in [9.17, 15) is 4.79 Å². The lowest BCUT2D eigenvalue weighted by atomic mass is 10.1. The van der Waals surface area contributed by atoms with Gasteiger partial charge in [0.1, 0.15) is 0 Å². The quantitative estimate of drug-likeness (QED) is 0.762. The standard InChI is InChI=1S/C19H35N3O/c1-14(2)11-16-17(19(16,4)5)18(23)20-12-15(3)13-22-9-7-21(6)8-10-22/h11,15-17H,7-10,12-13H2,1-6H3,(H,20,23)/t15-,16+,17+/m0/s1. The second kappa shape index (κ2) is 7.35. The summed E-state index contributed by atoms with van der Waals surface area (Å²) in [6, 6.07) is 0. The van der Waals surface area contributed by atoms with Gasteiger partial charge in [0.2, 0.25) is 5.91 Å². The third kappa shape index (κ3) is 4.80. The molecular weight excluding hydrogens is 286 g/mol. The normalized spacial score (nSPS) is 29.0. The average Bonchev–Trinajstić information content (AvgIpc) is 2.99. The summed E-state index contributed by atoms with van der Waals surface area (Å²) in [6.45, 7) is 17.3. The first-order chi connectivity index (χ1) is 10.7. The van der Waals surface area contributed by atoms with Crippen LogP contribution in [0.2, 0.25) is 0 Å². The predicted octanol–water partition coefficient (Wildman–Crippen LogP) is 2.22. The Balaban J connectivity index is 1.73. The van der Waals surface area contributed by atoms with Crippen molar-refractivity contribution in [3.63, 3.8) is 0 Å². The molecule has 2 aliphatic rings. The van der Waals surface area contributed by atoms with E-state index in [0.29, 0.717) is 11.8 Å². The van der Waals surface area contributed by atoms with E-state index in [1.807, 2.05) is 0 Å². The van der Waals surface area contributed by atoms with Crippen molar-refractivity contribution in [2.24, 2.45) is 23.2 Å². The Bertz CT molecular complexity index is 446. The summed E-state index contributed by atoms with van der Waals surface area (Å²) in [5, 5.41) is 3.20. The van der Waals surface area contributed by atoms with Crippen LogP contribution >= 0.6 is 0 Å². The molecule has 2 rings (SSSR count). The van der Waals surface area contributed by atoms with Crippen LogP contribution in [-0.2, 0) is 4.79 Å². The number of allylic oxidation sites excluding steroid dienone is 2. The van der Waals surface area contributed by atoms with Crippen LogP contribution in [-0.4, -0.2) is 62.0 Å². The van der Waals surface area contributed by atoms with Gasteiger partial charge in [-0.1, -0.05) is 32.4 Å². The molecule has 0 aromatic heterocycles. The van der Waals surface area contributed by atoms with Gasteiger partial charge >= 0.3 is 0 Å². The van der Waals surface area contributed by atoms with Gasteiger partial charge in [-0.3, -0.25) is 4.79 Å². The minimum atomic E-state index is 0.113. The molecular formula is C19H35N3O. The molecule has 4 nitrogen and oxygen atoms in total. The van der Waals surface area contributed by atoms with Crippen LogP contribution in [0, 0.1) is 23.2 Å². The van der Waals surface area contributed by atoms with Crippen molar-refractivity contribution in [2.45, 2.75) is 34.6 Å². The van der Waals surface area contributed by atoms with Crippen LogP contribution in [0.3, 0.4) is 0 Å². The number of nitrogens with one attached hydrogen (secondary N) is 1. The zero-order chi connectivity index (χ0) is 17.2. The Morgan fingerprint density at radius 2 is 1.87 bits per heavy atom. The van der Waals surface area contributed by atoms with Crippen molar-refractivity contribution in [2.75, 3.05) is 46.3 Å². The molecule has 1 saturated carbocycles. The Labute approximate surface area is 142 Å². The molecule has 0 bridgehead atoms. The molecule has 1 amide bonds. The van der Waals surface area contributed by atoms with Gasteiger partial charge in [0, 0.05) is 39.3 Å². The van der Waals surface area contributed by atoms with Crippen LogP contribution in [0.5, 0.6) is 0 Å². The predicted molar refractivity (Wildman–Crippen MR) is 96.3 cm³/mol. The minimum absolute atomic E-state index is 0.113. The van der Waals surface area contributed by atoms with Gasteiger partial charge in [-0.25, -0.2) is 0 Å². The van der Waals surface area contributed by atoms with Gasteiger partial charge in [0.15, 0.2) is 0 Å². The van der Waals surface area contributed by atoms with Gasteiger partial charge < -0.3 is 15.1 Å². The maximum absolute atomic E-state index is 12.5. The molecule has 4 heteroatoms. The SMILES string of the molecule is CC(C)=C[C@@H]1[C@H](C(=O)NC[C@H](C)CN2CCN(C)CC2)C1(C)C. The average molecular weight is 322 g/mol. The van der Waals surface area contributed by atoms with E-state index in [2.05, 4.69) is 62.9 Å². The maximum Gasteiger partial charge on any atom is 0.224 e. The fourth-order valence-electron chi connectivity index (χ4n) is 3.77. The molecule has 3 atom stereocenters. The Morgan fingerprint density at radius 3 is 2.43 bits per heavy atom. The number of amides is 1. The van der Waals surface area contributed by atoms with Crippen LogP contribution in [0.4, 0.5) is 0 Å². The lowest BCUT2D eigenvalue weighted by molar-refractivity contribution is -0.123. The molecule has 1 heterocycles. The Hall–Kier alpha value is -0.870. The smallest absolute Gasteiger partial charge is 0.224 e. The summed E-state index contributed by atoms with van der Waals surface area (Å²) in [5.74, 6) is 1.29. The van der Waals surface area contributed by atoms with Crippen molar-refractivity contribution >= 4 is 5.91 Å². The summed E-state index contributed by atoms with van der Waals surface area (Å²) in [6.07, 6.45) is 2.26. The molecule has 132 valence electrons. The number of carbonyl (C=O) groups is 1. The molecule has 0 radical (unpaired) electrons. The molecule has 0 aromatic rings. The van der Waals surface area contributed by atoms with E-state index in [4.69, 9.17) is 0 Å². The third-order valence-electron chi connectivity index (χ3n) is 5.50. The summed E-state index contributed by atoms with van der Waals surface area (Å²) < 4.78 is 0. The van der Waals surface area contributed by atoms with Crippen molar-refractivity contribution < 1.29 is 4.79 Å². The van der Waals surface area contributed by atoms with Crippen LogP contribution in [0.25, 0.3) is 0 Å². The van der Waals surface area contributed by atoms with E-state index in [0.717, 1.165) is 39.3 Å². The van der Waals surface area contributed by atoms with Gasteiger partial charge in [-0.15, -0.1) is 0 Å². The fourth-order valence-corrected chi connectivity index (χ4v) is 3.77. The number of likely N-dealkylation sites (N-methyl/N-ethyl adjacent to an activating group) is 1. The molecule has 1 aliphatic heterocycles. The third-order valence-corrected chi connectivity index (χ3v) is 5.50. The monoisotopic (exact) mass is 321 g/mol. The van der Waals surface area contributed by atoms with Crippen molar-refractivity contribution in [3.8, 4) is 0 Å². The van der Waals surface area contributed by atoms with Gasteiger partial charge in [-0.05, 0) is 38.1 Å². The number of nitrogens with zero attached hydrogens (tertiary/aromatic N) is 2. The zero-order valence-corrected chi connectivity index (χ0v) is 15.9. The second-order valence-electron chi connectivity index (χ2n) is 8.52. The molecule has 23 heavy (non-hydrogen) atoms. The molecule has 0 aromatic carbocycles. The molecule has 2 fully saturated rings. The zero-order valence-electron chi connectivity index (χ0n) is 15.9. The molecule has 0 spiro atoms. The number of carbonyl (C=O) groups excluding carboxylic acids is 1. The van der Waals surface area contributed by atoms with E-state index < -0.39 is 0 Å². The highest BCUT2D eigenvalue weighted by atomic mass is 16.2. The first-order valence-corrected chi connectivity index (χ1v) is 9.05. The number of piperazine rings is 1. The van der Waals surface area contributed by atoms with E-state index in [1.165, 1.54) is 5.57 Å². The van der Waals surface area contributed by atoms with Crippen LogP contribution in [0.15, 0.2) is 11.6 Å². The highest BCUT2D eigenvalue weighted by molar-refractivity contribution is 5.83. The first kappa shape index (κ1) is 18.5. The summed E-state index contributed by atoms with van der Waals surface area (Å²) in [7, 11) is 2.18. The topological polar surface area (TPSA) is 35.6 Å². The first-order valence-electron chi connectivity index (χ1n) is 9.05. The van der Waals surface area contributed by atoms with Crippen molar-refractivity contribution in [3.05, 3.63) is 11.6 Å². The maximum atomic E-state index is 12.5. The van der Waals surface area contributed by atoms with Gasteiger partial charge in [0.05, 0.1) is 5.92 Å². The molecule has 1 aliphatic carbocycles. The van der Waals surface area contributed by atoms with Crippen molar-refractivity contribution in [1.82, 2.24) is 15.1 Å². The number of hydrogen-bond acceptors (Lipinski definition) is 3. The van der Waals surface area contributed by atoms with Gasteiger partial charge in [-0.2, -0.15) is 0 Å². The summed E-state index contributed by atoms with van der Waals surface area (Å²) >= 11 is 0. The minimum Gasteiger partial charge on any atom is -0.356 e. The summed E-state index contributed by atoms with van der Waals surface area (Å²) in [5.41, 5.74) is 1.42. The Morgan fingerprint density at radius 1 is 1.26 bits per heavy atom. The lowest BCUT2D eigenvalue weighted by Crippen LogP contribution is -2.47. The molecule has 1 N–H and O–H groups in total. The van der Waals surface area contributed by atoms with Crippen LogP contribution < -0.4 is 5.32 Å². The second-order valence-corrected chi connectivity index (χ2v) is 8.52. The number of hydrogen-bond donors (Lipinski definition) is 1. The molecule has 0 unspecified atom stereocenters. The van der Waals surface area contributed by atoms with Crippen LogP contribution in [0.1, 0.15) is 34.6 Å². The number of rotatable bonds is 6. The fraction of sp³-hybridized carbons (Fsp3) is 0.842. The Kier molecular flexibility index (Phi) is 5.90. The molecule has 1 saturated heterocycles. The van der Waals surface area contributed by atoms with E-state index in [1.54, 1.807) is 0 Å². The van der Waals surface area contributed by atoms with E-state index in [-0.39, 0.29) is 17.2 Å². The lowest BCUT2D eigenvalue weighted by Gasteiger charge is -2.34. The van der Waals surface area contributed by atoms with Gasteiger partial charge in [0.25, 0.3) is 0 Å². The van der Waals surface area contributed by atoms with E-state index >= 15 is 0 Å².